The van der Waals surface area contributed by atoms with Gasteiger partial charge in [-0.2, -0.15) is 11.8 Å². The van der Waals surface area contributed by atoms with Gasteiger partial charge < -0.3 is 9.84 Å². The lowest BCUT2D eigenvalue weighted by atomic mass is 9.88. The van der Waals surface area contributed by atoms with Crippen molar-refractivity contribution in [2.24, 2.45) is 0 Å². The third-order valence-electron chi connectivity index (χ3n) is 3.29. The highest BCUT2D eigenvalue weighted by Crippen LogP contribution is 2.46. The van der Waals surface area contributed by atoms with E-state index in [1.807, 2.05) is 30.0 Å². The highest BCUT2D eigenvalue weighted by Gasteiger charge is 2.43. The van der Waals surface area contributed by atoms with E-state index >= 15 is 0 Å². The summed E-state index contributed by atoms with van der Waals surface area (Å²) in [7, 11) is 0. The van der Waals surface area contributed by atoms with E-state index in [0.717, 1.165) is 40.1 Å². The van der Waals surface area contributed by atoms with Gasteiger partial charge in [-0.3, -0.25) is 0 Å². The van der Waals surface area contributed by atoms with Gasteiger partial charge in [-0.15, -0.1) is 0 Å². The Bertz CT molecular complexity index is 415. The minimum absolute atomic E-state index is 0.120. The molecule has 0 aliphatic carbocycles. The molecule has 2 atom stereocenters. The summed E-state index contributed by atoms with van der Waals surface area (Å²) >= 11 is 5.34. The van der Waals surface area contributed by atoms with E-state index in [-0.39, 0.29) is 11.7 Å². The van der Waals surface area contributed by atoms with E-state index < -0.39 is 0 Å². The van der Waals surface area contributed by atoms with E-state index in [4.69, 9.17) is 4.74 Å². The molecule has 1 aromatic rings. The molecule has 86 valence electrons. The highest BCUT2D eigenvalue weighted by atomic mass is 79.9. The van der Waals surface area contributed by atoms with Crippen LogP contribution in [0, 0.1) is 0 Å². The predicted molar refractivity (Wildman–Crippen MR) is 69.0 cm³/mol. The first-order valence-electron chi connectivity index (χ1n) is 5.43. The molecular formula is C12H13BrO2S. The van der Waals surface area contributed by atoms with Gasteiger partial charge in [0.1, 0.15) is 11.4 Å². The van der Waals surface area contributed by atoms with Gasteiger partial charge in [-0.05, 0) is 30.4 Å². The van der Waals surface area contributed by atoms with E-state index in [1.165, 1.54) is 0 Å². The number of fused-ring (bicyclic) bond motifs is 1. The summed E-state index contributed by atoms with van der Waals surface area (Å²) in [6.07, 6.45) is 1.38. The van der Waals surface area contributed by atoms with Crippen LogP contribution in [0.25, 0.3) is 0 Å². The predicted octanol–water partition coefficient (Wildman–Crippen LogP) is 3.14. The number of hydrogen-bond donors (Lipinski definition) is 1. The van der Waals surface area contributed by atoms with Crippen LogP contribution in [0.1, 0.15) is 24.5 Å². The maximum atomic E-state index is 10.2. The molecule has 2 aliphatic heterocycles. The summed E-state index contributed by atoms with van der Waals surface area (Å²) in [4.78, 5) is 0. The second-order valence-corrected chi connectivity index (χ2v) is 6.51. The van der Waals surface area contributed by atoms with E-state index in [1.54, 1.807) is 0 Å². The molecule has 1 N–H and O–H groups in total. The fourth-order valence-electron chi connectivity index (χ4n) is 2.44. The Morgan fingerprint density at radius 2 is 2.38 bits per heavy atom. The van der Waals surface area contributed by atoms with Crippen molar-refractivity contribution in [2.75, 3.05) is 11.5 Å². The van der Waals surface area contributed by atoms with Crippen molar-refractivity contribution < 1.29 is 9.84 Å². The van der Waals surface area contributed by atoms with Crippen molar-refractivity contribution in [3.63, 3.8) is 0 Å². The lowest BCUT2D eigenvalue weighted by Gasteiger charge is -2.37. The summed E-state index contributed by atoms with van der Waals surface area (Å²) in [5.74, 6) is 2.99. The quantitative estimate of drug-likeness (QED) is 0.798. The SMILES string of the molecule is O[C@@H]1CC2(CCSC2)Oc2ccc(Br)cc21. The molecule has 0 saturated carbocycles. The number of aliphatic hydroxyl groups is 1. The van der Waals surface area contributed by atoms with Crippen molar-refractivity contribution in [2.45, 2.75) is 24.5 Å². The van der Waals surface area contributed by atoms with E-state index in [0.29, 0.717) is 0 Å². The Morgan fingerprint density at radius 3 is 3.12 bits per heavy atom. The van der Waals surface area contributed by atoms with Crippen molar-refractivity contribution >= 4 is 27.7 Å². The molecule has 1 saturated heterocycles. The van der Waals surface area contributed by atoms with E-state index in [9.17, 15) is 5.11 Å². The molecule has 0 bridgehead atoms. The molecule has 0 aromatic heterocycles. The molecule has 2 heterocycles. The van der Waals surface area contributed by atoms with E-state index in [2.05, 4.69) is 15.9 Å². The Balaban J connectivity index is 1.99. The normalized spacial score (nSPS) is 32.5. The first-order chi connectivity index (χ1) is 7.69. The number of hydrogen-bond acceptors (Lipinski definition) is 3. The zero-order chi connectivity index (χ0) is 11.2. The molecule has 0 amide bonds. The number of benzene rings is 1. The fraction of sp³-hybridized carbons (Fsp3) is 0.500. The molecule has 2 aliphatic rings. The van der Waals surface area contributed by atoms with Crippen LogP contribution in [0.5, 0.6) is 5.75 Å². The van der Waals surface area contributed by atoms with Gasteiger partial charge >= 0.3 is 0 Å². The lowest BCUT2D eigenvalue weighted by molar-refractivity contribution is 0.00403. The molecule has 16 heavy (non-hydrogen) atoms. The first-order valence-corrected chi connectivity index (χ1v) is 7.38. The smallest absolute Gasteiger partial charge is 0.126 e. The van der Waals surface area contributed by atoms with Crippen LogP contribution in [-0.4, -0.2) is 22.2 Å². The van der Waals surface area contributed by atoms with Gasteiger partial charge in [-0.25, -0.2) is 0 Å². The standard InChI is InChI=1S/C12H13BrO2S/c13-8-1-2-11-9(5-8)10(14)6-12(15-11)3-4-16-7-12/h1-2,5,10,14H,3-4,6-7H2/t10-,12?/m1/s1. The molecule has 1 spiro atoms. The van der Waals surface area contributed by atoms with Crippen LogP contribution >= 0.6 is 27.7 Å². The Labute approximate surface area is 108 Å². The highest BCUT2D eigenvalue weighted by molar-refractivity contribution is 9.10. The third kappa shape index (κ3) is 1.77. The fourth-order valence-corrected chi connectivity index (χ4v) is 4.17. The lowest BCUT2D eigenvalue weighted by Crippen LogP contribution is -2.41. The van der Waals surface area contributed by atoms with Crippen molar-refractivity contribution in [3.8, 4) is 5.75 Å². The van der Waals surface area contributed by atoms with Crippen LogP contribution in [0.15, 0.2) is 22.7 Å². The number of aliphatic hydroxyl groups excluding tert-OH is 1. The van der Waals surface area contributed by atoms with Gasteiger partial charge in [0.05, 0.1) is 6.10 Å². The molecule has 4 heteroatoms. The monoisotopic (exact) mass is 300 g/mol. The minimum atomic E-state index is -0.389. The number of thioether (sulfide) groups is 1. The van der Waals surface area contributed by atoms with Crippen LogP contribution in [0.4, 0.5) is 0 Å². The minimum Gasteiger partial charge on any atom is -0.486 e. The second-order valence-electron chi connectivity index (χ2n) is 4.49. The third-order valence-corrected chi connectivity index (χ3v) is 5.01. The van der Waals surface area contributed by atoms with Crippen molar-refractivity contribution in [3.05, 3.63) is 28.2 Å². The average Bonchev–Trinajstić information content (AvgIpc) is 2.68. The van der Waals surface area contributed by atoms with Gasteiger partial charge in [0.25, 0.3) is 0 Å². The molecular weight excluding hydrogens is 288 g/mol. The van der Waals surface area contributed by atoms with Crippen LogP contribution in [-0.2, 0) is 0 Å². The zero-order valence-electron chi connectivity index (χ0n) is 8.78. The molecule has 1 fully saturated rings. The van der Waals surface area contributed by atoms with Crippen molar-refractivity contribution in [1.29, 1.82) is 0 Å². The molecule has 1 aromatic carbocycles. The summed E-state index contributed by atoms with van der Waals surface area (Å²) in [6.45, 7) is 0. The van der Waals surface area contributed by atoms with Gasteiger partial charge in [0.15, 0.2) is 0 Å². The van der Waals surface area contributed by atoms with Gasteiger partial charge in [0, 0.05) is 22.2 Å². The largest absolute Gasteiger partial charge is 0.486 e. The Hall–Kier alpha value is -0.190. The van der Waals surface area contributed by atoms with Gasteiger partial charge in [-0.1, -0.05) is 15.9 Å². The average molecular weight is 301 g/mol. The Morgan fingerprint density at radius 1 is 1.50 bits per heavy atom. The summed E-state index contributed by atoms with van der Waals surface area (Å²) in [5.41, 5.74) is 0.794. The summed E-state index contributed by atoms with van der Waals surface area (Å²) in [6, 6.07) is 5.87. The zero-order valence-corrected chi connectivity index (χ0v) is 11.2. The number of halogens is 1. The topological polar surface area (TPSA) is 29.5 Å². The molecule has 2 nitrogen and oxygen atoms in total. The Kier molecular flexibility index (Phi) is 2.68. The number of ether oxygens (including phenoxy) is 1. The molecule has 0 radical (unpaired) electrons. The maximum absolute atomic E-state index is 10.2. The number of rotatable bonds is 0. The van der Waals surface area contributed by atoms with Crippen LogP contribution < -0.4 is 4.74 Å². The maximum Gasteiger partial charge on any atom is 0.126 e. The molecule has 3 rings (SSSR count). The molecule has 1 unspecified atom stereocenters. The summed E-state index contributed by atoms with van der Waals surface area (Å²) in [5, 5.41) is 10.2. The van der Waals surface area contributed by atoms with Crippen LogP contribution in [0.3, 0.4) is 0 Å². The second kappa shape index (κ2) is 3.93. The van der Waals surface area contributed by atoms with Crippen LogP contribution in [0.2, 0.25) is 0 Å². The summed E-state index contributed by atoms with van der Waals surface area (Å²) < 4.78 is 7.10. The van der Waals surface area contributed by atoms with Crippen molar-refractivity contribution in [1.82, 2.24) is 0 Å². The first kappa shape index (κ1) is 10.9. The van der Waals surface area contributed by atoms with Gasteiger partial charge in [0.2, 0.25) is 0 Å².